The first kappa shape index (κ1) is 11.7. The summed E-state index contributed by atoms with van der Waals surface area (Å²) in [6, 6.07) is 5.91. The lowest BCUT2D eigenvalue weighted by molar-refractivity contribution is 0.0688. The van der Waals surface area contributed by atoms with Gasteiger partial charge in [-0.3, -0.25) is 0 Å². The van der Waals surface area contributed by atoms with Gasteiger partial charge in [0, 0.05) is 4.90 Å². The lowest BCUT2D eigenvalue weighted by Gasteiger charge is -2.05. The predicted molar refractivity (Wildman–Crippen MR) is 60.9 cm³/mol. The lowest BCUT2D eigenvalue weighted by atomic mass is 10.2. The van der Waals surface area contributed by atoms with E-state index in [2.05, 4.69) is 0 Å². The summed E-state index contributed by atoms with van der Waals surface area (Å²) in [6.07, 6.45) is 1.51. The molecule has 0 atom stereocenters. The highest BCUT2D eigenvalue weighted by Gasteiger charge is 2.17. The molecule has 1 aromatic carbocycles. The first-order chi connectivity index (χ1) is 8.09. The summed E-state index contributed by atoms with van der Waals surface area (Å²) in [7, 11) is 0. The van der Waals surface area contributed by atoms with Gasteiger partial charge in [-0.05, 0) is 25.1 Å². The lowest BCUT2D eigenvalue weighted by Crippen LogP contribution is -2.02. The first-order valence-corrected chi connectivity index (χ1v) is 5.65. The van der Waals surface area contributed by atoms with Crippen LogP contribution in [-0.4, -0.2) is 11.1 Å². The molecule has 2 rings (SSSR count). The van der Waals surface area contributed by atoms with Crippen LogP contribution in [0.25, 0.3) is 0 Å². The molecule has 2 aromatic rings. The molecule has 0 aliphatic rings. The number of hydrogen-bond donors (Lipinski definition) is 1. The van der Waals surface area contributed by atoms with E-state index in [0.717, 1.165) is 11.0 Å². The second kappa shape index (κ2) is 4.63. The van der Waals surface area contributed by atoms with Crippen LogP contribution in [0, 0.1) is 12.7 Å². The minimum absolute atomic E-state index is 0.307. The van der Waals surface area contributed by atoms with Crippen LogP contribution in [0.1, 0.15) is 16.1 Å². The molecule has 1 aromatic heterocycles. The Hall–Kier alpha value is -1.75. The van der Waals surface area contributed by atoms with E-state index in [1.165, 1.54) is 24.1 Å². The highest BCUT2D eigenvalue weighted by molar-refractivity contribution is 7.99. The molecule has 0 radical (unpaired) electrons. The largest absolute Gasteiger partial charge is 0.478 e. The summed E-state index contributed by atoms with van der Waals surface area (Å²) in [5.74, 6) is -1.33. The van der Waals surface area contributed by atoms with Crippen molar-refractivity contribution < 1.29 is 18.7 Å². The molecule has 0 bridgehead atoms. The van der Waals surface area contributed by atoms with E-state index in [-0.39, 0.29) is 5.56 Å². The maximum atomic E-state index is 13.4. The van der Waals surface area contributed by atoms with Gasteiger partial charge in [-0.2, -0.15) is 0 Å². The molecule has 1 heterocycles. The molecular formula is C12H9FO3S. The fourth-order valence-electron chi connectivity index (χ4n) is 1.39. The van der Waals surface area contributed by atoms with Gasteiger partial charge in [-0.25, -0.2) is 9.18 Å². The van der Waals surface area contributed by atoms with E-state index in [1.807, 2.05) is 0 Å². The fraction of sp³-hybridized carbons (Fsp3) is 0.0833. The van der Waals surface area contributed by atoms with Crippen LogP contribution in [0.3, 0.4) is 0 Å². The van der Waals surface area contributed by atoms with Crippen LogP contribution in [0.4, 0.5) is 4.39 Å². The van der Waals surface area contributed by atoms with Crippen molar-refractivity contribution in [2.75, 3.05) is 0 Å². The summed E-state index contributed by atoms with van der Waals surface area (Å²) in [5, 5.41) is 8.97. The highest BCUT2D eigenvalue weighted by atomic mass is 32.2. The SMILES string of the molecule is Cc1occc1Sc1cccc(F)c1C(=O)O. The highest BCUT2D eigenvalue weighted by Crippen LogP contribution is 2.34. The summed E-state index contributed by atoms with van der Waals surface area (Å²) in [4.78, 5) is 12.1. The molecule has 5 heteroatoms. The molecule has 0 unspecified atom stereocenters. The molecule has 0 amide bonds. The third-order valence-corrected chi connectivity index (χ3v) is 3.42. The number of carboxylic acids is 1. The fourth-order valence-corrected chi connectivity index (χ4v) is 2.38. The van der Waals surface area contributed by atoms with Gasteiger partial charge in [0.15, 0.2) is 0 Å². The standard InChI is InChI=1S/C12H9FO3S/c1-7-9(5-6-16-7)17-10-4-2-3-8(13)11(10)12(14)15/h2-6H,1H3,(H,14,15). The second-order valence-electron chi connectivity index (χ2n) is 3.36. The van der Waals surface area contributed by atoms with Crippen LogP contribution in [0.5, 0.6) is 0 Å². The molecule has 88 valence electrons. The minimum Gasteiger partial charge on any atom is -0.478 e. The number of aryl methyl sites for hydroxylation is 1. The molecule has 0 aliphatic heterocycles. The number of hydrogen-bond acceptors (Lipinski definition) is 3. The van der Waals surface area contributed by atoms with E-state index in [9.17, 15) is 9.18 Å². The molecule has 0 aliphatic carbocycles. The number of carbonyl (C=O) groups is 1. The summed E-state index contributed by atoms with van der Waals surface area (Å²) in [5.41, 5.74) is -0.307. The molecule has 0 fully saturated rings. The van der Waals surface area contributed by atoms with Crippen molar-refractivity contribution >= 4 is 17.7 Å². The Morgan fingerprint density at radius 2 is 2.12 bits per heavy atom. The second-order valence-corrected chi connectivity index (χ2v) is 4.45. The Balaban J connectivity index is 2.43. The zero-order valence-corrected chi connectivity index (χ0v) is 9.75. The van der Waals surface area contributed by atoms with Gasteiger partial charge in [0.2, 0.25) is 0 Å². The quantitative estimate of drug-likeness (QED) is 0.907. The molecule has 0 saturated heterocycles. The number of furan rings is 1. The number of carboxylic acid groups (broad SMARTS) is 1. The predicted octanol–water partition coefficient (Wildman–Crippen LogP) is 3.58. The first-order valence-electron chi connectivity index (χ1n) is 4.83. The van der Waals surface area contributed by atoms with Crippen molar-refractivity contribution in [2.24, 2.45) is 0 Å². The van der Waals surface area contributed by atoms with E-state index in [1.54, 1.807) is 19.1 Å². The Bertz CT molecular complexity index is 563. The third kappa shape index (κ3) is 2.34. The van der Waals surface area contributed by atoms with Gasteiger partial charge in [0.25, 0.3) is 0 Å². The van der Waals surface area contributed by atoms with E-state index in [4.69, 9.17) is 9.52 Å². The van der Waals surface area contributed by atoms with Gasteiger partial charge < -0.3 is 9.52 Å². The zero-order valence-electron chi connectivity index (χ0n) is 8.94. The normalized spacial score (nSPS) is 10.5. The Labute approximate surface area is 101 Å². The maximum Gasteiger partial charge on any atom is 0.339 e. The topological polar surface area (TPSA) is 50.4 Å². The van der Waals surface area contributed by atoms with Crippen molar-refractivity contribution in [3.63, 3.8) is 0 Å². The minimum atomic E-state index is -1.27. The number of benzene rings is 1. The van der Waals surface area contributed by atoms with Crippen LogP contribution < -0.4 is 0 Å². The average Bonchev–Trinajstić information content (AvgIpc) is 2.64. The van der Waals surface area contributed by atoms with E-state index >= 15 is 0 Å². The third-order valence-electron chi connectivity index (χ3n) is 2.22. The van der Waals surface area contributed by atoms with Gasteiger partial charge in [-0.1, -0.05) is 17.8 Å². The van der Waals surface area contributed by atoms with E-state index < -0.39 is 11.8 Å². The van der Waals surface area contributed by atoms with Crippen LogP contribution in [0.2, 0.25) is 0 Å². The average molecular weight is 252 g/mol. The smallest absolute Gasteiger partial charge is 0.339 e. The van der Waals surface area contributed by atoms with Crippen molar-refractivity contribution in [2.45, 2.75) is 16.7 Å². The maximum absolute atomic E-state index is 13.4. The van der Waals surface area contributed by atoms with Crippen molar-refractivity contribution in [3.8, 4) is 0 Å². The van der Waals surface area contributed by atoms with Crippen LogP contribution in [0.15, 0.2) is 44.7 Å². The summed E-state index contributed by atoms with van der Waals surface area (Å²) >= 11 is 1.18. The molecule has 1 N–H and O–H groups in total. The summed E-state index contributed by atoms with van der Waals surface area (Å²) in [6.45, 7) is 1.77. The van der Waals surface area contributed by atoms with Gasteiger partial charge in [0.05, 0.1) is 11.2 Å². The van der Waals surface area contributed by atoms with Crippen molar-refractivity contribution in [1.82, 2.24) is 0 Å². The van der Waals surface area contributed by atoms with Gasteiger partial charge in [0.1, 0.15) is 17.1 Å². The van der Waals surface area contributed by atoms with E-state index in [0.29, 0.717) is 10.7 Å². The zero-order chi connectivity index (χ0) is 12.4. The Kier molecular flexibility index (Phi) is 3.19. The monoisotopic (exact) mass is 252 g/mol. The Morgan fingerprint density at radius 3 is 2.71 bits per heavy atom. The Morgan fingerprint density at radius 1 is 1.35 bits per heavy atom. The molecule has 3 nitrogen and oxygen atoms in total. The van der Waals surface area contributed by atoms with Gasteiger partial charge in [-0.15, -0.1) is 0 Å². The van der Waals surface area contributed by atoms with Crippen LogP contribution in [-0.2, 0) is 0 Å². The van der Waals surface area contributed by atoms with Crippen molar-refractivity contribution in [3.05, 3.63) is 47.7 Å². The molecule has 0 spiro atoms. The van der Waals surface area contributed by atoms with Crippen LogP contribution >= 0.6 is 11.8 Å². The molecule has 0 saturated carbocycles. The number of halogens is 1. The van der Waals surface area contributed by atoms with Crippen molar-refractivity contribution in [1.29, 1.82) is 0 Å². The van der Waals surface area contributed by atoms with Gasteiger partial charge >= 0.3 is 5.97 Å². The number of rotatable bonds is 3. The molecular weight excluding hydrogens is 243 g/mol. The molecule has 17 heavy (non-hydrogen) atoms. The number of aromatic carboxylic acids is 1. The summed E-state index contributed by atoms with van der Waals surface area (Å²) < 4.78 is 18.5.